The molecule has 0 fully saturated rings. The van der Waals surface area contributed by atoms with Gasteiger partial charge in [-0.25, -0.2) is 12.7 Å². The molecule has 1 aliphatic heterocycles. The summed E-state index contributed by atoms with van der Waals surface area (Å²) in [4.78, 5) is 24.5. The molecule has 0 aromatic heterocycles. The molecule has 0 bridgehead atoms. The number of hydrogen-bond acceptors (Lipinski definition) is 4. The molecule has 1 N–H and O–H groups in total. The standard InChI is InChI=1S/C19H20N2O4S/c1-13(2)21-19(23)16-9-8-15(12-17(16)26(21,24)25)18(22)20-11-10-14-6-4-3-5-7-14/h3-9,12-13H,10-11H2,1-2H3,(H,20,22). The lowest BCUT2D eigenvalue weighted by Crippen LogP contribution is -2.36. The molecule has 0 spiro atoms. The van der Waals surface area contributed by atoms with Gasteiger partial charge in [-0.05, 0) is 44.0 Å². The van der Waals surface area contributed by atoms with Crippen LogP contribution in [0.25, 0.3) is 0 Å². The molecule has 26 heavy (non-hydrogen) atoms. The number of hydrogen-bond donors (Lipinski definition) is 1. The van der Waals surface area contributed by atoms with Crippen LogP contribution >= 0.6 is 0 Å². The minimum absolute atomic E-state index is 0.105. The molecule has 7 heteroatoms. The van der Waals surface area contributed by atoms with Crippen LogP contribution in [0.3, 0.4) is 0 Å². The van der Waals surface area contributed by atoms with Crippen molar-refractivity contribution in [2.75, 3.05) is 6.54 Å². The summed E-state index contributed by atoms with van der Waals surface area (Å²) in [6.45, 7) is 3.71. The molecular formula is C19H20N2O4S. The Morgan fingerprint density at radius 3 is 2.46 bits per heavy atom. The van der Waals surface area contributed by atoms with E-state index in [-0.39, 0.29) is 21.9 Å². The molecule has 3 rings (SSSR count). The monoisotopic (exact) mass is 372 g/mol. The average Bonchev–Trinajstić information content (AvgIpc) is 2.81. The van der Waals surface area contributed by atoms with Crippen LogP contribution in [-0.2, 0) is 16.4 Å². The third-order valence-electron chi connectivity index (χ3n) is 4.22. The van der Waals surface area contributed by atoms with Crippen LogP contribution in [-0.4, -0.2) is 37.1 Å². The second-order valence-electron chi connectivity index (χ2n) is 6.40. The van der Waals surface area contributed by atoms with E-state index in [0.717, 1.165) is 9.87 Å². The Labute approximate surface area is 152 Å². The second kappa shape index (κ2) is 6.92. The van der Waals surface area contributed by atoms with Gasteiger partial charge in [0.05, 0.1) is 5.56 Å². The van der Waals surface area contributed by atoms with E-state index >= 15 is 0 Å². The zero-order valence-electron chi connectivity index (χ0n) is 14.6. The third kappa shape index (κ3) is 3.22. The normalized spacial score (nSPS) is 15.2. The van der Waals surface area contributed by atoms with Gasteiger partial charge in [0.25, 0.3) is 21.8 Å². The van der Waals surface area contributed by atoms with Gasteiger partial charge in [0.1, 0.15) is 4.90 Å². The van der Waals surface area contributed by atoms with Crippen LogP contribution in [0.1, 0.15) is 40.1 Å². The van der Waals surface area contributed by atoms with Crippen LogP contribution in [0, 0.1) is 0 Å². The van der Waals surface area contributed by atoms with E-state index in [0.29, 0.717) is 13.0 Å². The summed E-state index contributed by atoms with van der Waals surface area (Å²) < 4.78 is 26.0. The zero-order valence-corrected chi connectivity index (χ0v) is 15.4. The Kier molecular flexibility index (Phi) is 4.82. The smallest absolute Gasteiger partial charge is 0.269 e. The maximum absolute atomic E-state index is 12.6. The van der Waals surface area contributed by atoms with Gasteiger partial charge in [-0.1, -0.05) is 30.3 Å². The topological polar surface area (TPSA) is 83.6 Å². The van der Waals surface area contributed by atoms with Gasteiger partial charge in [0.2, 0.25) is 0 Å². The summed E-state index contributed by atoms with van der Waals surface area (Å²) in [5.41, 5.74) is 1.43. The Morgan fingerprint density at radius 2 is 1.81 bits per heavy atom. The number of carbonyl (C=O) groups excluding carboxylic acids is 2. The molecule has 0 saturated heterocycles. The largest absolute Gasteiger partial charge is 0.352 e. The van der Waals surface area contributed by atoms with Gasteiger partial charge in [0.15, 0.2) is 0 Å². The first kappa shape index (κ1) is 18.1. The molecule has 0 saturated carbocycles. The summed E-state index contributed by atoms with van der Waals surface area (Å²) in [6.07, 6.45) is 0.676. The van der Waals surface area contributed by atoms with Gasteiger partial charge >= 0.3 is 0 Å². The van der Waals surface area contributed by atoms with Crippen molar-refractivity contribution in [3.63, 3.8) is 0 Å². The summed E-state index contributed by atoms with van der Waals surface area (Å²) in [6, 6.07) is 13.4. The number of sulfonamides is 1. The van der Waals surface area contributed by atoms with Crippen molar-refractivity contribution in [1.82, 2.24) is 9.62 Å². The van der Waals surface area contributed by atoms with Gasteiger partial charge in [-0.3, -0.25) is 9.59 Å². The molecule has 1 heterocycles. The fourth-order valence-electron chi connectivity index (χ4n) is 2.97. The molecule has 2 aromatic carbocycles. The first-order valence-corrected chi connectivity index (χ1v) is 9.81. The lowest BCUT2D eigenvalue weighted by Gasteiger charge is -2.18. The predicted octanol–water partition coefficient (Wildman–Crippen LogP) is 2.21. The molecule has 136 valence electrons. The minimum Gasteiger partial charge on any atom is -0.352 e. The van der Waals surface area contributed by atoms with Crippen LogP contribution < -0.4 is 5.32 Å². The molecule has 0 aliphatic carbocycles. The first-order valence-electron chi connectivity index (χ1n) is 8.37. The quantitative estimate of drug-likeness (QED) is 0.872. The summed E-state index contributed by atoms with van der Waals surface area (Å²) >= 11 is 0. The number of amides is 2. The van der Waals surface area contributed by atoms with E-state index in [4.69, 9.17) is 0 Å². The van der Waals surface area contributed by atoms with E-state index < -0.39 is 22.0 Å². The highest BCUT2D eigenvalue weighted by Gasteiger charge is 2.42. The highest BCUT2D eigenvalue weighted by Crippen LogP contribution is 2.32. The number of nitrogens with zero attached hydrogens (tertiary/aromatic N) is 1. The van der Waals surface area contributed by atoms with Gasteiger partial charge < -0.3 is 5.32 Å². The van der Waals surface area contributed by atoms with Crippen LogP contribution in [0.4, 0.5) is 0 Å². The molecule has 2 amide bonds. The van der Waals surface area contributed by atoms with E-state index in [2.05, 4.69) is 5.32 Å². The SMILES string of the molecule is CC(C)N1C(=O)c2ccc(C(=O)NCCc3ccccc3)cc2S1(=O)=O. The summed E-state index contributed by atoms with van der Waals surface area (Å²) in [7, 11) is -3.91. The first-order chi connectivity index (χ1) is 12.3. The van der Waals surface area contributed by atoms with Crippen molar-refractivity contribution in [2.45, 2.75) is 31.2 Å². The second-order valence-corrected chi connectivity index (χ2v) is 8.19. The number of carbonyl (C=O) groups is 2. The molecule has 6 nitrogen and oxygen atoms in total. The molecule has 1 aliphatic rings. The lowest BCUT2D eigenvalue weighted by molar-refractivity contribution is 0.0845. The maximum atomic E-state index is 12.6. The van der Waals surface area contributed by atoms with Crippen molar-refractivity contribution in [3.05, 3.63) is 65.2 Å². The number of benzene rings is 2. The van der Waals surface area contributed by atoms with Crippen molar-refractivity contribution in [1.29, 1.82) is 0 Å². The Bertz CT molecular complexity index is 953. The summed E-state index contributed by atoms with van der Waals surface area (Å²) in [5.74, 6) is -0.916. The maximum Gasteiger partial charge on any atom is 0.269 e. The van der Waals surface area contributed by atoms with Crippen LogP contribution in [0.5, 0.6) is 0 Å². The fraction of sp³-hybridized carbons (Fsp3) is 0.263. The van der Waals surface area contributed by atoms with Gasteiger partial charge in [-0.2, -0.15) is 0 Å². The summed E-state index contributed by atoms with van der Waals surface area (Å²) in [5, 5.41) is 2.78. The fourth-order valence-corrected chi connectivity index (χ4v) is 4.76. The zero-order chi connectivity index (χ0) is 18.9. The Morgan fingerprint density at radius 1 is 1.12 bits per heavy atom. The van der Waals surface area contributed by atoms with E-state index in [1.807, 2.05) is 30.3 Å². The minimum atomic E-state index is -3.91. The predicted molar refractivity (Wildman–Crippen MR) is 97.4 cm³/mol. The lowest BCUT2D eigenvalue weighted by atomic mass is 10.1. The van der Waals surface area contributed by atoms with E-state index in [1.54, 1.807) is 13.8 Å². The highest BCUT2D eigenvalue weighted by molar-refractivity contribution is 7.90. The molecular weight excluding hydrogens is 352 g/mol. The molecule has 0 unspecified atom stereocenters. The van der Waals surface area contributed by atoms with Crippen molar-refractivity contribution in [3.8, 4) is 0 Å². The van der Waals surface area contributed by atoms with E-state index in [9.17, 15) is 18.0 Å². The van der Waals surface area contributed by atoms with Crippen molar-refractivity contribution >= 4 is 21.8 Å². The van der Waals surface area contributed by atoms with E-state index in [1.165, 1.54) is 18.2 Å². The van der Waals surface area contributed by atoms with Crippen LogP contribution in [0.15, 0.2) is 53.4 Å². The Balaban J connectivity index is 1.76. The molecule has 0 radical (unpaired) electrons. The molecule has 0 atom stereocenters. The van der Waals surface area contributed by atoms with Crippen LogP contribution in [0.2, 0.25) is 0 Å². The number of nitrogens with one attached hydrogen (secondary N) is 1. The average molecular weight is 372 g/mol. The Hall–Kier alpha value is -2.67. The molecule has 2 aromatic rings. The number of rotatable bonds is 5. The number of fused-ring (bicyclic) bond motifs is 1. The van der Waals surface area contributed by atoms with Crippen molar-refractivity contribution < 1.29 is 18.0 Å². The van der Waals surface area contributed by atoms with Crippen molar-refractivity contribution in [2.24, 2.45) is 0 Å². The highest BCUT2D eigenvalue weighted by atomic mass is 32.2. The van der Waals surface area contributed by atoms with Gasteiger partial charge in [0, 0.05) is 18.2 Å². The third-order valence-corrected chi connectivity index (χ3v) is 6.22. The van der Waals surface area contributed by atoms with Gasteiger partial charge in [-0.15, -0.1) is 0 Å².